The largest absolute Gasteiger partial charge is 0.497 e. The fraction of sp³-hybridized carbons (Fsp3) is 0.143. The average molecular weight is 392 g/mol. The van der Waals surface area contributed by atoms with Gasteiger partial charge in [0.05, 0.1) is 25.5 Å². The summed E-state index contributed by atoms with van der Waals surface area (Å²) in [5.74, 6) is 0.619. The number of esters is 1. The summed E-state index contributed by atoms with van der Waals surface area (Å²) in [6, 6.07) is 15.4. The smallest absolute Gasteiger partial charge is 0.339 e. The van der Waals surface area contributed by atoms with E-state index >= 15 is 0 Å². The third-order valence-corrected chi connectivity index (χ3v) is 4.01. The lowest BCUT2D eigenvalue weighted by Gasteiger charge is -2.11. The molecule has 0 aliphatic carbocycles. The number of nitrogens with zero attached hydrogens (tertiary/aromatic N) is 2. The summed E-state index contributed by atoms with van der Waals surface area (Å²) in [6.45, 7) is 1.69. The molecule has 148 valence electrons. The Labute approximate surface area is 167 Å². The summed E-state index contributed by atoms with van der Waals surface area (Å²) in [7, 11) is 2.88. The lowest BCUT2D eigenvalue weighted by Crippen LogP contribution is -2.17. The molecule has 2 N–H and O–H groups in total. The second-order valence-corrected chi connectivity index (χ2v) is 6.03. The molecule has 0 aliphatic rings. The van der Waals surface area contributed by atoms with E-state index in [2.05, 4.69) is 20.6 Å². The van der Waals surface area contributed by atoms with Crippen LogP contribution >= 0.6 is 0 Å². The van der Waals surface area contributed by atoms with E-state index in [9.17, 15) is 9.59 Å². The lowest BCUT2D eigenvalue weighted by atomic mass is 10.1. The molecule has 0 fully saturated rings. The number of para-hydroxylation sites is 1. The van der Waals surface area contributed by atoms with Crippen LogP contribution in [0, 0.1) is 6.92 Å². The number of benzene rings is 2. The van der Waals surface area contributed by atoms with Crippen LogP contribution in [0.5, 0.6) is 5.75 Å². The number of carbonyl (C=O) groups is 2. The third-order valence-electron chi connectivity index (χ3n) is 4.01. The predicted molar refractivity (Wildman–Crippen MR) is 109 cm³/mol. The van der Waals surface area contributed by atoms with Gasteiger partial charge in [-0.15, -0.1) is 0 Å². The van der Waals surface area contributed by atoms with Crippen LogP contribution < -0.4 is 15.4 Å². The van der Waals surface area contributed by atoms with Crippen LogP contribution in [0.25, 0.3) is 0 Å². The number of hydrogen-bond acceptors (Lipinski definition) is 7. The van der Waals surface area contributed by atoms with Crippen molar-refractivity contribution in [3.63, 3.8) is 0 Å². The molecule has 0 aliphatic heterocycles. The van der Waals surface area contributed by atoms with Crippen molar-refractivity contribution in [3.05, 3.63) is 71.7 Å². The Morgan fingerprint density at radius 2 is 1.69 bits per heavy atom. The van der Waals surface area contributed by atoms with Gasteiger partial charge in [-0.05, 0) is 43.3 Å². The Morgan fingerprint density at radius 3 is 2.38 bits per heavy atom. The van der Waals surface area contributed by atoms with E-state index in [1.54, 1.807) is 38.3 Å². The van der Waals surface area contributed by atoms with Gasteiger partial charge in [-0.1, -0.05) is 12.1 Å². The Hall–Kier alpha value is -3.94. The standard InChI is InChI=1S/C21H20N4O4/c1-13-22-18(12-19(23-13)24-14-8-10-15(28-2)11-9-14)20(26)25-17-7-5-4-6-16(17)21(27)29-3/h4-12H,1-3H3,(H,25,26)(H,22,23,24). The van der Waals surface area contributed by atoms with Gasteiger partial charge in [0.2, 0.25) is 0 Å². The molecule has 1 aromatic heterocycles. The molecule has 0 saturated heterocycles. The zero-order chi connectivity index (χ0) is 20.8. The molecule has 0 saturated carbocycles. The zero-order valence-corrected chi connectivity index (χ0v) is 16.2. The molecule has 29 heavy (non-hydrogen) atoms. The fourth-order valence-corrected chi connectivity index (χ4v) is 2.64. The molecule has 1 heterocycles. The molecule has 0 unspecified atom stereocenters. The number of amides is 1. The molecule has 2 aromatic carbocycles. The van der Waals surface area contributed by atoms with Crippen molar-refractivity contribution in [3.8, 4) is 5.75 Å². The molecule has 0 atom stereocenters. The quantitative estimate of drug-likeness (QED) is 0.618. The molecule has 1 amide bonds. The predicted octanol–water partition coefficient (Wildman–Crippen LogP) is 3.58. The van der Waals surface area contributed by atoms with E-state index in [-0.39, 0.29) is 11.3 Å². The van der Waals surface area contributed by atoms with Crippen molar-refractivity contribution < 1.29 is 19.1 Å². The van der Waals surface area contributed by atoms with Gasteiger partial charge in [-0.25, -0.2) is 14.8 Å². The van der Waals surface area contributed by atoms with Crippen LogP contribution in [0.15, 0.2) is 54.6 Å². The highest BCUT2D eigenvalue weighted by molar-refractivity contribution is 6.07. The summed E-state index contributed by atoms with van der Waals surface area (Å²) in [4.78, 5) is 33.1. The number of hydrogen-bond donors (Lipinski definition) is 2. The van der Waals surface area contributed by atoms with Gasteiger partial charge in [-0.3, -0.25) is 4.79 Å². The van der Waals surface area contributed by atoms with E-state index < -0.39 is 11.9 Å². The molecule has 3 aromatic rings. The highest BCUT2D eigenvalue weighted by Crippen LogP contribution is 2.21. The number of rotatable bonds is 6. The van der Waals surface area contributed by atoms with E-state index in [0.29, 0.717) is 17.3 Å². The van der Waals surface area contributed by atoms with Crippen molar-refractivity contribution >= 4 is 29.1 Å². The maximum atomic E-state index is 12.7. The topological polar surface area (TPSA) is 102 Å². The number of aromatic nitrogens is 2. The molecule has 0 radical (unpaired) electrons. The van der Waals surface area contributed by atoms with Gasteiger partial charge >= 0.3 is 5.97 Å². The first-order valence-corrected chi connectivity index (χ1v) is 8.75. The van der Waals surface area contributed by atoms with Gasteiger partial charge in [0.1, 0.15) is 23.1 Å². The van der Waals surface area contributed by atoms with E-state index in [0.717, 1.165) is 11.4 Å². The molecule has 3 rings (SSSR count). The van der Waals surface area contributed by atoms with Crippen molar-refractivity contribution in [2.75, 3.05) is 24.9 Å². The minimum Gasteiger partial charge on any atom is -0.497 e. The second kappa shape index (κ2) is 8.83. The number of methoxy groups -OCH3 is 2. The van der Waals surface area contributed by atoms with Crippen LogP contribution in [0.4, 0.5) is 17.2 Å². The Balaban J connectivity index is 1.82. The fourth-order valence-electron chi connectivity index (χ4n) is 2.64. The number of carbonyl (C=O) groups excluding carboxylic acids is 2. The summed E-state index contributed by atoms with van der Waals surface area (Å²) >= 11 is 0. The maximum absolute atomic E-state index is 12.7. The number of nitrogens with one attached hydrogen (secondary N) is 2. The maximum Gasteiger partial charge on any atom is 0.339 e. The summed E-state index contributed by atoms with van der Waals surface area (Å²) in [5.41, 5.74) is 1.54. The van der Waals surface area contributed by atoms with Crippen molar-refractivity contribution in [1.29, 1.82) is 0 Å². The van der Waals surface area contributed by atoms with Crippen LogP contribution in [-0.2, 0) is 4.74 Å². The third kappa shape index (κ3) is 4.86. The van der Waals surface area contributed by atoms with Crippen molar-refractivity contribution in [1.82, 2.24) is 9.97 Å². The monoisotopic (exact) mass is 392 g/mol. The van der Waals surface area contributed by atoms with Crippen LogP contribution in [0.3, 0.4) is 0 Å². The van der Waals surface area contributed by atoms with E-state index in [4.69, 9.17) is 9.47 Å². The lowest BCUT2D eigenvalue weighted by molar-refractivity contribution is 0.0602. The molecular weight excluding hydrogens is 372 g/mol. The van der Waals surface area contributed by atoms with Gasteiger partial charge in [0, 0.05) is 11.8 Å². The van der Waals surface area contributed by atoms with Gasteiger partial charge in [-0.2, -0.15) is 0 Å². The number of anilines is 3. The van der Waals surface area contributed by atoms with Crippen LogP contribution in [0.1, 0.15) is 26.7 Å². The first-order chi connectivity index (χ1) is 14.0. The summed E-state index contributed by atoms with van der Waals surface area (Å²) in [6.07, 6.45) is 0. The minimum absolute atomic E-state index is 0.160. The Morgan fingerprint density at radius 1 is 0.966 bits per heavy atom. The summed E-state index contributed by atoms with van der Waals surface area (Å²) < 4.78 is 9.89. The number of ether oxygens (including phenoxy) is 2. The van der Waals surface area contributed by atoms with Gasteiger partial charge in [0.25, 0.3) is 5.91 Å². The normalized spacial score (nSPS) is 10.2. The molecular formula is C21H20N4O4. The van der Waals surface area contributed by atoms with Gasteiger partial charge < -0.3 is 20.1 Å². The SMILES string of the molecule is COC(=O)c1ccccc1NC(=O)c1cc(Nc2ccc(OC)cc2)nc(C)n1. The molecule has 8 nitrogen and oxygen atoms in total. The van der Waals surface area contributed by atoms with Gasteiger partial charge in [0.15, 0.2) is 0 Å². The van der Waals surface area contributed by atoms with Crippen molar-refractivity contribution in [2.45, 2.75) is 6.92 Å². The minimum atomic E-state index is -0.540. The Bertz CT molecular complexity index is 1040. The van der Waals surface area contributed by atoms with E-state index in [1.165, 1.54) is 13.2 Å². The first-order valence-electron chi connectivity index (χ1n) is 8.75. The zero-order valence-electron chi connectivity index (χ0n) is 16.2. The van der Waals surface area contributed by atoms with Crippen LogP contribution in [0.2, 0.25) is 0 Å². The average Bonchev–Trinajstić information content (AvgIpc) is 2.73. The van der Waals surface area contributed by atoms with Crippen LogP contribution in [-0.4, -0.2) is 36.1 Å². The van der Waals surface area contributed by atoms with Crippen molar-refractivity contribution in [2.24, 2.45) is 0 Å². The van der Waals surface area contributed by atoms with E-state index in [1.807, 2.05) is 24.3 Å². The molecule has 0 spiro atoms. The summed E-state index contributed by atoms with van der Waals surface area (Å²) in [5, 5.41) is 5.83. The molecule has 0 bridgehead atoms. The number of aryl methyl sites for hydroxylation is 1. The Kier molecular flexibility index (Phi) is 6.03. The second-order valence-electron chi connectivity index (χ2n) is 6.03. The highest BCUT2D eigenvalue weighted by atomic mass is 16.5. The first kappa shape index (κ1) is 19.8. The highest BCUT2D eigenvalue weighted by Gasteiger charge is 2.16. The molecule has 8 heteroatoms.